The minimum Gasteiger partial charge on any atom is -0.378 e. The van der Waals surface area contributed by atoms with Gasteiger partial charge in [0.1, 0.15) is 0 Å². The van der Waals surface area contributed by atoms with Crippen LogP contribution >= 0.6 is 11.6 Å². The third-order valence-electron chi connectivity index (χ3n) is 3.55. The second-order valence-corrected chi connectivity index (χ2v) is 6.26. The first-order valence-corrected chi connectivity index (χ1v) is 6.62. The lowest BCUT2D eigenvalue weighted by Crippen LogP contribution is -2.39. The molecule has 1 atom stereocenters. The van der Waals surface area contributed by atoms with E-state index in [1.165, 1.54) is 0 Å². The van der Waals surface area contributed by atoms with Crippen molar-refractivity contribution in [2.24, 2.45) is 5.16 Å². The summed E-state index contributed by atoms with van der Waals surface area (Å²) in [5.74, 6) is -0.0785. The van der Waals surface area contributed by atoms with Gasteiger partial charge in [-0.15, -0.1) is 0 Å². The Morgan fingerprint density at radius 3 is 2.58 bits per heavy atom. The Bertz CT molecular complexity index is 565. The third kappa shape index (κ3) is 2.10. The van der Waals surface area contributed by atoms with Crippen molar-refractivity contribution in [2.75, 3.05) is 0 Å². The van der Waals surface area contributed by atoms with E-state index >= 15 is 0 Å². The van der Waals surface area contributed by atoms with Gasteiger partial charge >= 0.3 is 0 Å². The molecule has 5 heteroatoms. The maximum Gasteiger partial charge on any atom is 0.267 e. The molecule has 19 heavy (non-hydrogen) atoms. The van der Waals surface area contributed by atoms with Crippen LogP contribution in [0.3, 0.4) is 0 Å². The number of benzene rings is 1. The SMILES string of the molecule is CC1(C)CC2(CC(c3ccc(Cl)cc3)=NO2)C(=O)N1. The number of hydrogen-bond donors (Lipinski definition) is 1. The number of carbonyl (C=O) groups excluding carboxylic acids is 1. The molecule has 1 aromatic carbocycles. The van der Waals surface area contributed by atoms with Gasteiger partial charge in [-0.2, -0.15) is 0 Å². The highest BCUT2D eigenvalue weighted by atomic mass is 35.5. The number of carbonyl (C=O) groups is 1. The average molecular weight is 279 g/mol. The summed E-state index contributed by atoms with van der Waals surface area (Å²) in [5.41, 5.74) is 0.656. The number of nitrogens with zero attached hydrogens (tertiary/aromatic N) is 1. The summed E-state index contributed by atoms with van der Waals surface area (Å²) in [6.07, 6.45) is 1.13. The highest BCUT2D eigenvalue weighted by Crippen LogP contribution is 2.39. The van der Waals surface area contributed by atoms with Gasteiger partial charge in [0.05, 0.1) is 5.71 Å². The normalized spacial score (nSPS) is 28.2. The van der Waals surface area contributed by atoms with E-state index in [1.807, 2.05) is 38.1 Å². The fraction of sp³-hybridized carbons (Fsp3) is 0.429. The largest absolute Gasteiger partial charge is 0.378 e. The van der Waals surface area contributed by atoms with Crippen LogP contribution in [-0.2, 0) is 9.63 Å². The minimum absolute atomic E-state index is 0.0785. The van der Waals surface area contributed by atoms with Gasteiger partial charge in [0, 0.05) is 23.4 Å². The van der Waals surface area contributed by atoms with E-state index in [0.717, 1.165) is 11.3 Å². The molecule has 1 aromatic rings. The van der Waals surface area contributed by atoms with Gasteiger partial charge in [-0.05, 0) is 31.5 Å². The molecule has 0 aliphatic carbocycles. The molecule has 2 aliphatic rings. The summed E-state index contributed by atoms with van der Waals surface area (Å²) >= 11 is 5.86. The number of amides is 1. The molecule has 100 valence electrons. The number of rotatable bonds is 1. The van der Waals surface area contributed by atoms with Gasteiger partial charge < -0.3 is 10.2 Å². The molecule has 2 aliphatic heterocycles. The fourth-order valence-corrected chi connectivity index (χ4v) is 2.88. The molecule has 0 radical (unpaired) electrons. The summed E-state index contributed by atoms with van der Waals surface area (Å²) in [4.78, 5) is 17.6. The third-order valence-corrected chi connectivity index (χ3v) is 3.81. The summed E-state index contributed by atoms with van der Waals surface area (Å²) in [6.45, 7) is 3.98. The van der Waals surface area contributed by atoms with Gasteiger partial charge in [-0.1, -0.05) is 28.9 Å². The van der Waals surface area contributed by atoms with Crippen LogP contribution in [0.15, 0.2) is 29.4 Å². The summed E-state index contributed by atoms with van der Waals surface area (Å²) in [5, 5.41) is 7.73. The van der Waals surface area contributed by atoms with Gasteiger partial charge in [0.2, 0.25) is 5.60 Å². The zero-order valence-electron chi connectivity index (χ0n) is 10.9. The Hall–Kier alpha value is -1.55. The Kier molecular flexibility index (Phi) is 2.61. The Balaban J connectivity index is 1.83. The molecule has 0 saturated carbocycles. The summed E-state index contributed by atoms with van der Waals surface area (Å²) in [7, 11) is 0. The van der Waals surface area contributed by atoms with E-state index in [2.05, 4.69) is 10.5 Å². The predicted molar refractivity (Wildman–Crippen MR) is 73.3 cm³/mol. The number of hydrogen-bond acceptors (Lipinski definition) is 3. The molecular weight excluding hydrogens is 264 g/mol. The molecule has 0 aromatic heterocycles. The lowest BCUT2D eigenvalue weighted by atomic mass is 9.87. The molecular formula is C14H15ClN2O2. The molecule has 1 unspecified atom stereocenters. The average Bonchev–Trinajstić information content (AvgIpc) is 2.83. The molecule has 1 N–H and O–H groups in total. The van der Waals surface area contributed by atoms with Gasteiger partial charge in [-0.25, -0.2) is 0 Å². The predicted octanol–water partition coefficient (Wildman–Crippen LogP) is 2.50. The number of oxime groups is 1. The Morgan fingerprint density at radius 2 is 2.00 bits per heavy atom. The highest BCUT2D eigenvalue weighted by molar-refractivity contribution is 6.30. The van der Waals surface area contributed by atoms with Crippen molar-refractivity contribution >= 4 is 23.2 Å². The van der Waals surface area contributed by atoms with Crippen molar-refractivity contribution in [2.45, 2.75) is 37.8 Å². The Labute approximate surface area is 116 Å². The van der Waals surface area contributed by atoms with E-state index in [-0.39, 0.29) is 11.4 Å². The zero-order chi connectivity index (χ0) is 13.7. The smallest absolute Gasteiger partial charge is 0.267 e. The lowest BCUT2D eigenvalue weighted by Gasteiger charge is -2.19. The maximum atomic E-state index is 12.1. The second kappa shape index (κ2) is 3.97. The topological polar surface area (TPSA) is 50.7 Å². The summed E-state index contributed by atoms with van der Waals surface area (Å²) < 4.78 is 0. The van der Waals surface area contributed by atoms with Crippen LogP contribution < -0.4 is 5.32 Å². The molecule has 1 fully saturated rings. The van der Waals surface area contributed by atoms with Gasteiger partial charge in [0.25, 0.3) is 5.91 Å². The first-order chi connectivity index (χ1) is 8.90. The molecule has 0 bridgehead atoms. The van der Waals surface area contributed by atoms with Gasteiger partial charge in [-0.3, -0.25) is 4.79 Å². The second-order valence-electron chi connectivity index (χ2n) is 5.82. The molecule has 2 heterocycles. The monoisotopic (exact) mass is 278 g/mol. The van der Waals surface area contributed by atoms with E-state index in [0.29, 0.717) is 17.9 Å². The van der Waals surface area contributed by atoms with E-state index in [1.54, 1.807) is 0 Å². The first-order valence-electron chi connectivity index (χ1n) is 6.24. The minimum atomic E-state index is -0.835. The standard InChI is InChI=1S/C14H15ClN2O2/c1-13(2)8-14(12(18)16-13)7-11(17-19-14)9-3-5-10(15)6-4-9/h3-6H,7-8H2,1-2H3,(H,16,18). The van der Waals surface area contributed by atoms with Crippen LogP contribution in [0.25, 0.3) is 0 Å². The molecule has 1 amide bonds. The molecule has 3 rings (SSSR count). The van der Waals surface area contributed by atoms with E-state index in [9.17, 15) is 4.79 Å². The highest BCUT2D eigenvalue weighted by Gasteiger charge is 2.56. The van der Waals surface area contributed by atoms with Crippen molar-refractivity contribution in [3.63, 3.8) is 0 Å². The molecule has 1 saturated heterocycles. The van der Waals surface area contributed by atoms with Crippen molar-refractivity contribution in [3.05, 3.63) is 34.9 Å². The first kappa shape index (κ1) is 12.5. The Morgan fingerprint density at radius 1 is 1.32 bits per heavy atom. The van der Waals surface area contributed by atoms with Crippen LogP contribution in [0, 0.1) is 0 Å². The quantitative estimate of drug-likeness (QED) is 0.858. The van der Waals surface area contributed by atoms with E-state index < -0.39 is 5.60 Å². The van der Waals surface area contributed by atoms with Crippen LogP contribution in [-0.4, -0.2) is 22.8 Å². The van der Waals surface area contributed by atoms with Crippen LogP contribution in [0.2, 0.25) is 5.02 Å². The van der Waals surface area contributed by atoms with Crippen molar-refractivity contribution < 1.29 is 9.63 Å². The van der Waals surface area contributed by atoms with Crippen molar-refractivity contribution in [3.8, 4) is 0 Å². The lowest BCUT2D eigenvalue weighted by molar-refractivity contribution is -0.138. The van der Waals surface area contributed by atoms with Crippen molar-refractivity contribution in [1.29, 1.82) is 0 Å². The number of halogens is 1. The maximum absolute atomic E-state index is 12.1. The van der Waals surface area contributed by atoms with E-state index in [4.69, 9.17) is 16.4 Å². The van der Waals surface area contributed by atoms with Crippen molar-refractivity contribution in [1.82, 2.24) is 5.32 Å². The summed E-state index contributed by atoms with van der Waals surface area (Å²) in [6, 6.07) is 7.40. The van der Waals surface area contributed by atoms with Crippen LogP contribution in [0.1, 0.15) is 32.3 Å². The zero-order valence-corrected chi connectivity index (χ0v) is 11.6. The van der Waals surface area contributed by atoms with Crippen LogP contribution in [0.4, 0.5) is 0 Å². The molecule has 4 nitrogen and oxygen atoms in total. The molecule has 1 spiro atoms. The van der Waals surface area contributed by atoms with Gasteiger partial charge in [0.15, 0.2) is 0 Å². The number of nitrogens with one attached hydrogen (secondary N) is 1. The van der Waals surface area contributed by atoms with Crippen LogP contribution in [0.5, 0.6) is 0 Å². The fourth-order valence-electron chi connectivity index (χ4n) is 2.75.